The van der Waals surface area contributed by atoms with Crippen molar-refractivity contribution in [2.24, 2.45) is 0 Å². The fourth-order valence-electron chi connectivity index (χ4n) is 8.14. The average Bonchev–Trinajstić information content (AvgIpc) is 3.32. The van der Waals surface area contributed by atoms with Crippen molar-refractivity contribution < 1.29 is 38.1 Å². The standard InChI is InChI=1S/C50H42N6O8.2ClH/c1-61-47(57)53-27-31-7-5-8-32(19-31)28-54(48(58)62-2)41-17-13-37-22-38-14-18-42(26-46(38)52-45(37)25-41)56(50(60)64-4)30-34-10-6-9-33(20-34)29-55(49(59)63-3)40-16-12-36-21-35-11-15-39(53)23-43(35)51-44(36)24-40;;/h5-26H,27-30H2,1-4H3;2*1H. The smallest absolute Gasteiger partial charge is 0.414 e. The third-order valence-corrected chi connectivity index (χ3v) is 11.3. The first-order valence-electron chi connectivity index (χ1n) is 20.4. The SMILES string of the molecule is COC(=O)N1Cc2cccc(c2)CN(C(=O)OC)c2ccc3cc4ccc(cc4nc3c2)N(C(=O)OC)Cc2cccc(c2)CN(C(=O)OC)c2ccc3cc4ccc1cc4nc3c2.Cl.Cl. The van der Waals surface area contributed by atoms with E-state index in [4.69, 9.17) is 28.9 Å². The summed E-state index contributed by atoms with van der Waals surface area (Å²) in [5.41, 5.74) is 7.86. The largest absolute Gasteiger partial charge is 0.452 e. The van der Waals surface area contributed by atoms with E-state index >= 15 is 0 Å². The van der Waals surface area contributed by atoms with E-state index in [1.807, 2.05) is 133 Å². The summed E-state index contributed by atoms with van der Waals surface area (Å²) in [7, 11) is 5.34. The molecule has 1 aliphatic rings. The zero-order valence-electron chi connectivity index (χ0n) is 36.3. The molecule has 9 rings (SSSR count). The van der Waals surface area contributed by atoms with Crippen LogP contribution in [0.4, 0.5) is 41.9 Å². The highest BCUT2D eigenvalue weighted by Gasteiger charge is 2.23. The molecule has 14 nitrogen and oxygen atoms in total. The second-order valence-corrected chi connectivity index (χ2v) is 15.3. The number of ether oxygens (including phenoxy) is 4. The molecule has 0 unspecified atom stereocenters. The van der Waals surface area contributed by atoms with E-state index in [2.05, 4.69) is 0 Å². The number of hydrogen-bond donors (Lipinski definition) is 0. The van der Waals surface area contributed by atoms with Crippen molar-refractivity contribution in [3.8, 4) is 0 Å². The number of rotatable bonds is 0. The minimum Gasteiger partial charge on any atom is -0.452 e. The van der Waals surface area contributed by atoms with Crippen molar-refractivity contribution in [2.75, 3.05) is 48.0 Å². The molecule has 0 aliphatic carbocycles. The van der Waals surface area contributed by atoms with Crippen LogP contribution in [-0.4, -0.2) is 62.8 Å². The maximum absolute atomic E-state index is 13.4. The number of amides is 4. The molecule has 4 amide bonds. The fraction of sp³-hybridized carbons (Fsp3) is 0.160. The Bertz CT molecular complexity index is 2770. The van der Waals surface area contributed by atoms with Crippen molar-refractivity contribution in [2.45, 2.75) is 26.2 Å². The number of carbonyl (C=O) groups excluding carboxylic acids is 4. The Kier molecular flexibility index (Phi) is 13.8. The molecule has 66 heavy (non-hydrogen) atoms. The molecule has 16 heteroatoms. The molecule has 2 aromatic heterocycles. The van der Waals surface area contributed by atoms with Gasteiger partial charge < -0.3 is 18.9 Å². The van der Waals surface area contributed by atoms with Crippen molar-refractivity contribution in [3.63, 3.8) is 0 Å². The molecule has 0 atom stereocenters. The van der Waals surface area contributed by atoms with Crippen LogP contribution in [0.15, 0.2) is 133 Å². The van der Waals surface area contributed by atoms with Crippen LogP contribution in [0.25, 0.3) is 43.6 Å². The van der Waals surface area contributed by atoms with Gasteiger partial charge in [0.1, 0.15) is 0 Å². The van der Waals surface area contributed by atoms with E-state index in [1.165, 1.54) is 48.0 Å². The maximum Gasteiger partial charge on any atom is 0.414 e. The molecule has 0 fully saturated rings. The average molecular weight is 928 g/mol. The number of benzene rings is 6. The number of anilines is 4. The molecule has 0 N–H and O–H groups in total. The van der Waals surface area contributed by atoms with Crippen LogP contribution in [0.2, 0.25) is 0 Å². The van der Waals surface area contributed by atoms with Gasteiger partial charge >= 0.3 is 24.4 Å². The number of aromatic nitrogens is 2. The van der Waals surface area contributed by atoms with Crippen LogP contribution in [0.5, 0.6) is 0 Å². The molecule has 3 heterocycles. The predicted octanol–water partition coefficient (Wildman–Crippen LogP) is 11.3. The van der Waals surface area contributed by atoms with Crippen molar-refractivity contribution in [3.05, 3.63) is 156 Å². The zero-order valence-corrected chi connectivity index (χ0v) is 37.9. The zero-order chi connectivity index (χ0) is 44.5. The van der Waals surface area contributed by atoms with Gasteiger partial charge in [-0.25, -0.2) is 29.1 Å². The van der Waals surface area contributed by atoms with Crippen LogP contribution < -0.4 is 19.6 Å². The molecule has 1 aliphatic heterocycles. The van der Waals surface area contributed by atoms with E-state index in [0.717, 1.165) is 43.8 Å². The molecule has 12 bridgehead atoms. The Balaban J connectivity index is 0.00000324. The summed E-state index contributed by atoms with van der Waals surface area (Å²) in [4.78, 5) is 69.8. The van der Waals surface area contributed by atoms with E-state index < -0.39 is 24.4 Å². The van der Waals surface area contributed by atoms with Gasteiger partial charge in [-0.05, 0) is 82.9 Å². The predicted molar refractivity (Wildman–Crippen MR) is 260 cm³/mol. The molecular formula is C50H44Cl2N6O8. The number of hydrogen-bond acceptors (Lipinski definition) is 10. The monoisotopic (exact) mass is 926 g/mol. The third kappa shape index (κ3) is 9.27. The van der Waals surface area contributed by atoms with Crippen LogP contribution in [-0.2, 0) is 45.1 Å². The molecule has 336 valence electrons. The lowest BCUT2D eigenvalue weighted by Gasteiger charge is -2.24. The van der Waals surface area contributed by atoms with Gasteiger partial charge in [-0.1, -0.05) is 72.8 Å². The Morgan fingerprint density at radius 2 is 0.606 bits per heavy atom. The number of carbonyl (C=O) groups is 4. The van der Waals surface area contributed by atoms with Crippen molar-refractivity contribution in [1.29, 1.82) is 0 Å². The quantitative estimate of drug-likeness (QED) is 0.106. The maximum atomic E-state index is 13.4. The third-order valence-electron chi connectivity index (χ3n) is 11.3. The van der Waals surface area contributed by atoms with Crippen LogP contribution in [0.1, 0.15) is 22.3 Å². The number of methoxy groups -OCH3 is 4. The first-order chi connectivity index (χ1) is 31.1. The van der Waals surface area contributed by atoms with E-state index in [9.17, 15) is 19.2 Å². The topological polar surface area (TPSA) is 144 Å². The molecule has 8 aromatic rings. The Hall–Kier alpha value is -7.68. The van der Waals surface area contributed by atoms with Gasteiger partial charge in [-0.2, -0.15) is 0 Å². The van der Waals surface area contributed by atoms with Crippen molar-refractivity contribution in [1.82, 2.24) is 9.97 Å². The van der Waals surface area contributed by atoms with Crippen LogP contribution in [0.3, 0.4) is 0 Å². The van der Waals surface area contributed by atoms with E-state index in [0.29, 0.717) is 44.8 Å². The Labute approximate surface area is 392 Å². The Morgan fingerprint density at radius 3 is 0.833 bits per heavy atom. The van der Waals surface area contributed by atoms with Crippen LogP contribution >= 0.6 is 24.8 Å². The number of fused-ring (bicyclic) bond motifs is 8. The summed E-state index contributed by atoms with van der Waals surface area (Å²) in [6.07, 6.45) is -2.27. The molecular weight excluding hydrogens is 883 g/mol. The summed E-state index contributed by atoms with van der Waals surface area (Å²) in [6, 6.07) is 41.5. The molecule has 0 spiro atoms. The molecule has 6 aromatic carbocycles. The first-order valence-corrected chi connectivity index (χ1v) is 20.4. The Morgan fingerprint density at radius 1 is 0.364 bits per heavy atom. The van der Waals surface area contributed by atoms with Crippen molar-refractivity contribution >= 4 is 116 Å². The fourth-order valence-corrected chi connectivity index (χ4v) is 8.14. The minimum absolute atomic E-state index is 0. The molecule has 0 saturated heterocycles. The molecule has 0 radical (unpaired) electrons. The minimum atomic E-state index is -0.567. The van der Waals surface area contributed by atoms with Crippen LogP contribution in [0, 0.1) is 0 Å². The summed E-state index contributed by atoms with van der Waals surface area (Å²) < 4.78 is 21.1. The highest BCUT2D eigenvalue weighted by molar-refractivity contribution is 6.00. The van der Waals surface area contributed by atoms with E-state index in [1.54, 1.807) is 0 Å². The van der Waals surface area contributed by atoms with Gasteiger partial charge in [0.2, 0.25) is 0 Å². The highest BCUT2D eigenvalue weighted by atomic mass is 35.5. The summed E-state index contributed by atoms with van der Waals surface area (Å²) in [6.45, 7) is 0.610. The second kappa shape index (κ2) is 19.6. The van der Waals surface area contributed by atoms with E-state index in [-0.39, 0.29) is 51.0 Å². The number of halogens is 2. The highest BCUT2D eigenvalue weighted by Crippen LogP contribution is 2.32. The van der Waals surface area contributed by atoms with Gasteiger partial charge in [0, 0.05) is 44.3 Å². The number of pyridine rings is 2. The van der Waals surface area contributed by atoms with Gasteiger partial charge in [0.15, 0.2) is 0 Å². The van der Waals surface area contributed by atoms with Gasteiger partial charge in [0.05, 0.1) is 76.7 Å². The lowest BCUT2D eigenvalue weighted by Crippen LogP contribution is -2.31. The second-order valence-electron chi connectivity index (χ2n) is 15.3. The van der Waals surface area contributed by atoms with Gasteiger partial charge in [-0.15, -0.1) is 24.8 Å². The lowest BCUT2D eigenvalue weighted by atomic mass is 10.1. The van der Waals surface area contributed by atoms with Gasteiger partial charge in [0.25, 0.3) is 0 Å². The normalized spacial score (nSPS) is 12.8. The lowest BCUT2D eigenvalue weighted by molar-refractivity contribution is 0.177. The summed E-state index contributed by atoms with van der Waals surface area (Å²) in [5, 5.41) is 3.39. The van der Waals surface area contributed by atoms with Gasteiger partial charge in [-0.3, -0.25) is 19.6 Å². The first kappa shape index (κ1) is 46.3. The molecule has 0 saturated carbocycles. The summed E-state index contributed by atoms with van der Waals surface area (Å²) >= 11 is 0. The number of nitrogens with zero attached hydrogens (tertiary/aromatic N) is 6. The summed E-state index contributed by atoms with van der Waals surface area (Å²) in [5.74, 6) is 0.